The number of hydrogen-bond acceptors (Lipinski definition) is 8. The van der Waals surface area contributed by atoms with Gasteiger partial charge < -0.3 is 14.9 Å². The lowest BCUT2D eigenvalue weighted by atomic mass is 9.99. The van der Waals surface area contributed by atoms with E-state index in [9.17, 15) is 5.11 Å². The van der Waals surface area contributed by atoms with Crippen LogP contribution in [0, 0.1) is 3.82 Å². The molecule has 2 aliphatic heterocycles. The number of hydrogen-bond donors (Lipinski definition) is 1. The second-order valence-electron chi connectivity index (χ2n) is 10.7. The number of aromatic hydroxyl groups is 1. The molecule has 0 radical (unpaired) electrons. The molecule has 0 aliphatic carbocycles. The van der Waals surface area contributed by atoms with Gasteiger partial charge in [0.05, 0.1) is 4.88 Å². The average Bonchev–Trinajstić information content (AvgIpc) is 3.30. The van der Waals surface area contributed by atoms with Gasteiger partial charge in [0.2, 0.25) is 0 Å². The Bertz CT molecular complexity index is 985. The van der Waals surface area contributed by atoms with Gasteiger partial charge in [-0.1, -0.05) is 66.5 Å². The summed E-state index contributed by atoms with van der Waals surface area (Å²) >= 11 is 5.66. The second-order valence-corrected chi connectivity index (χ2v) is 13.5. The van der Waals surface area contributed by atoms with Crippen LogP contribution in [0.15, 0.2) is 12.1 Å². The third-order valence-electron chi connectivity index (χ3n) is 7.98. The minimum absolute atomic E-state index is 0.502. The van der Waals surface area contributed by atoms with Gasteiger partial charge in [-0.25, -0.2) is 0 Å². The molecule has 37 heavy (non-hydrogen) atoms. The summed E-state index contributed by atoms with van der Waals surface area (Å²) in [5.41, 5.74) is 4.67. The third kappa shape index (κ3) is 7.84. The highest BCUT2D eigenvalue weighted by Crippen LogP contribution is 2.39. The van der Waals surface area contributed by atoms with E-state index in [1.165, 1.54) is 54.8 Å². The fraction of sp³-hybridized carbons (Fsp3) is 0.690. The molecule has 206 valence electrons. The molecule has 8 heteroatoms. The summed E-state index contributed by atoms with van der Waals surface area (Å²) in [4.78, 5) is 11.5. The van der Waals surface area contributed by atoms with E-state index in [4.69, 9.17) is 12.2 Å². The maximum Gasteiger partial charge on any atom is 0.124 e. The molecule has 0 saturated carbocycles. The van der Waals surface area contributed by atoms with Gasteiger partial charge in [0, 0.05) is 76.6 Å². The van der Waals surface area contributed by atoms with Crippen LogP contribution in [0.25, 0.3) is 10.4 Å². The second kappa shape index (κ2) is 14.5. The van der Waals surface area contributed by atoms with Crippen LogP contribution in [0.4, 0.5) is 0 Å². The molecule has 2 saturated heterocycles. The maximum atomic E-state index is 11.5. The first-order chi connectivity index (χ1) is 18.0. The lowest BCUT2D eigenvalue weighted by molar-refractivity contribution is 0.123. The first kappa shape index (κ1) is 29.1. The van der Waals surface area contributed by atoms with Crippen LogP contribution in [-0.4, -0.2) is 90.2 Å². The number of phenols is 1. The Kier molecular flexibility index (Phi) is 11.4. The normalized spacial score (nSPS) is 18.6. The van der Waals surface area contributed by atoms with Crippen molar-refractivity contribution in [3.8, 4) is 16.2 Å². The van der Waals surface area contributed by atoms with Gasteiger partial charge in [-0.2, -0.15) is 0 Å². The highest BCUT2D eigenvalue weighted by atomic mass is 32.9. The first-order valence-electron chi connectivity index (χ1n) is 14.4. The van der Waals surface area contributed by atoms with Gasteiger partial charge >= 0.3 is 0 Å². The zero-order valence-electron chi connectivity index (χ0n) is 23.1. The Labute approximate surface area is 237 Å². The van der Waals surface area contributed by atoms with Gasteiger partial charge in [0.1, 0.15) is 9.57 Å². The summed E-state index contributed by atoms with van der Waals surface area (Å²) in [5, 5.41) is 11.5. The molecule has 3 heterocycles. The molecule has 2 fully saturated rings. The lowest BCUT2D eigenvalue weighted by Crippen LogP contribution is -2.46. The Morgan fingerprint density at radius 3 is 1.62 bits per heavy atom. The SMILES string of the molecule is CCCCN1CCN(Cc2cc(-c3ssc(=S)c3CC)cc(CN3CCN(CCCC)CC3)c2O)CC1. The van der Waals surface area contributed by atoms with Crippen molar-refractivity contribution in [3.05, 3.63) is 32.6 Å². The fourth-order valence-electron chi connectivity index (χ4n) is 5.52. The molecule has 1 aromatic heterocycles. The number of benzene rings is 1. The molecule has 0 atom stereocenters. The van der Waals surface area contributed by atoms with Crippen molar-refractivity contribution >= 4 is 32.9 Å². The monoisotopic (exact) mass is 562 g/mol. The summed E-state index contributed by atoms with van der Waals surface area (Å²) < 4.78 is 1.02. The van der Waals surface area contributed by atoms with Crippen molar-refractivity contribution in [2.75, 3.05) is 65.4 Å². The predicted octanol–water partition coefficient (Wildman–Crippen LogP) is 6.31. The van der Waals surface area contributed by atoms with Gasteiger partial charge in [-0.3, -0.25) is 9.80 Å². The quantitative estimate of drug-likeness (QED) is 0.241. The lowest BCUT2D eigenvalue weighted by Gasteiger charge is -2.36. The highest BCUT2D eigenvalue weighted by Gasteiger charge is 2.23. The molecule has 2 aromatic rings. The minimum Gasteiger partial charge on any atom is -0.507 e. The molecule has 0 bridgehead atoms. The van der Waals surface area contributed by atoms with Gasteiger partial charge in [0.25, 0.3) is 0 Å². The van der Waals surface area contributed by atoms with Gasteiger partial charge in [-0.05, 0) is 55.6 Å². The number of rotatable bonds is 12. The smallest absolute Gasteiger partial charge is 0.124 e. The number of nitrogens with zero attached hydrogens (tertiary/aromatic N) is 4. The summed E-state index contributed by atoms with van der Waals surface area (Å²) in [6.07, 6.45) is 6.04. The molecule has 5 nitrogen and oxygen atoms in total. The Hall–Kier alpha value is -0.870. The van der Waals surface area contributed by atoms with E-state index < -0.39 is 0 Å². The molecule has 0 unspecified atom stereocenters. The largest absolute Gasteiger partial charge is 0.507 e. The highest BCUT2D eigenvalue weighted by molar-refractivity contribution is 7.80. The van der Waals surface area contributed by atoms with Crippen LogP contribution < -0.4 is 0 Å². The molecular formula is C29H46N4OS3. The van der Waals surface area contributed by atoms with Crippen LogP contribution in [0.3, 0.4) is 0 Å². The van der Waals surface area contributed by atoms with E-state index in [0.29, 0.717) is 5.75 Å². The van der Waals surface area contributed by atoms with E-state index in [0.717, 1.165) is 86.8 Å². The van der Waals surface area contributed by atoms with Crippen molar-refractivity contribution in [1.82, 2.24) is 19.6 Å². The van der Waals surface area contributed by atoms with E-state index in [1.54, 1.807) is 20.7 Å². The van der Waals surface area contributed by atoms with E-state index in [-0.39, 0.29) is 0 Å². The Morgan fingerprint density at radius 1 is 0.730 bits per heavy atom. The summed E-state index contributed by atoms with van der Waals surface area (Å²) in [7, 11) is 3.51. The third-order valence-corrected chi connectivity index (χ3v) is 11.2. The van der Waals surface area contributed by atoms with E-state index >= 15 is 0 Å². The Balaban J connectivity index is 1.52. The number of phenolic OH excluding ortho intramolecular Hbond substituents is 1. The molecule has 1 aromatic carbocycles. The minimum atomic E-state index is 0.502. The topological polar surface area (TPSA) is 33.2 Å². The van der Waals surface area contributed by atoms with E-state index in [1.807, 2.05) is 0 Å². The predicted molar refractivity (Wildman–Crippen MR) is 163 cm³/mol. The summed E-state index contributed by atoms with van der Waals surface area (Å²) in [6.45, 7) is 19.6. The van der Waals surface area contributed by atoms with Crippen molar-refractivity contribution in [2.45, 2.75) is 66.0 Å². The molecule has 0 spiro atoms. The van der Waals surface area contributed by atoms with Crippen molar-refractivity contribution in [2.24, 2.45) is 0 Å². The van der Waals surface area contributed by atoms with Crippen LogP contribution in [-0.2, 0) is 19.5 Å². The average molecular weight is 563 g/mol. The van der Waals surface area contributed by atoms with Gasteiger partial charge in [0.15, 0.2) is 0 Å². The molecule has 4 rings (SSSR count). The summed E-state index contributed by atoms with van der Waals surface area (Å²) in [5.74, 6) is 0.502. The van der Waals surface area contributed by atoms with Crippen LogP contribution in [0.1, 0.15) is 63.1 Å². The zero-order valence-corrected chi connectivity index (χ0v) is 25.6. The maximum absolute atomic E-state index is 11.5. The fourth-order valence-corrected chi connectivity index (χ4v) is 8.64. The molecular weight excluding hydrogens is 517 g/mol. The van der Waals surface area contributed by atoms with E-state index in [2.05, 4.69) is 52.5 Å². The molecule has 0 amide bonds. The van der Waals surface area contributed by atoms with Crippen LogP contribution in [0.5, 0.6) is 5.75 Å². The zero-order chi connectivity index (χ0) is 26.2. The summed E-state index contributed by atoms with van der Waals surface area (Å²) in [6, 6.07) is 4.49. The van der Waals surface area contributed by atoms with Crippen LogP contribution in [0.2, 0.25) is 0 Å². The van der Waals surface area contributed by atoms with Crippen molar-refractivity contribution < 1.29 is 5.11 Å². The standard InChI is InChI=1S/C29H46N4OS3/c1-4-7-9-30-11-15-32(16-12-30)21-24-19-23(28-26(6-3)29(35)37-36-28)20-25(27(24)34)22-33-17-13-31(14-18-33)10-8-5-2/h19-20,34H,4-18,21-22H2,1-3H3. The van der Waals surface area contributed by atoms with Gasteiger partial charge in [-0.15, -0.1) is 0 Å². The van der Waals surface area contributed by atoms with Crippen molar-refractivity contribution in [3.63, 3.8) is 0 Å². The Morgan fingerprint density at radius 2 is 1.19 bits per heavy atom. The molecule has 1 N–H and O–H groups in total. The number of piperazine rings is 2. The molecule has 2 aliphatic rings. The van der Waals surface area contributed by atoms with Crippen molar-refractivity contribution in [1.29, 1.82) is 0 Å². The number of unbranched alkanes of at least 4 members (excludes halogenated alkanes) is 2. The first-order valence-corrected chi connectivity index (χ1v) is 16.9. The van der Waals surface area contributed by atoms with Crippen LogP contribution >= 0.6 is 32.9 Å².